The van der Waals surface area contributed by atoms with Crippen molar-refractivity contribution in [2.45, 2.75) is 38.6 Å². The number of aromatic nitrogens is 1. The van der Waals surface area contributed by atoms with Gasteiger partial charge in [0, 0.05) is 44.4 Å². The van der Waals surface area contributed by atoms with Crippen molar-refractivity contribution in [1.29, 1.82) is 0 Å². The number of hydrogen-bond donors (Lipinski definition) is 2. The lowest BCUT2D eigenvalue weighted by Crippen LogP contribution is -2.38. The van der Waals surface area contributed by atoms with E-state index in [1.165, 1.54) is 11.1 Å². The predicted molar refractivity (Wildman–Crippen MR) is 133 cm³/mol. The summed E-state index contributed by atoms with van der Waals surface area (Å²) in [5.74, 6) is 1.16. The minimum atomic E-state index is 0.0711. The number of nitrogens with one attached hydrogen (secondary N) is 2. The van der Waals surface area contributed by atoms with Gasteiger partial charge in [0.15, 0.2) is 5.96 Å². The second-order valence-electron chi connectivity index (χ2n) is 7.95. The minimum Gasteiger partial charge on any atom is -0.356 e. The van der Waals surface area contributed by atoms with Gasteiger partial charge in [-0.15, -0.1) is 0 Å². The number of rotatable bonds is 10. The van der Waals surface area contributed by atoms with Crippen LogP contribution in [0.15, 0.2) is 88.6 Å². The Labute approximate surface area is 191 Å². The number of pyridine rings is 1. The van der Waals surface area contributed by atoms with Gasteiger partial charge in [-0.05, 0) is 43.4 Å². The maximum atomic E-state index is 12.0. The predicted octanol–water partition coefficient (Wildman–Crippen LogP) is 4.32. The quantitative estimate of drug-likeness (QED) is 0.286. The van der Waals surface area contributed by atoms with Crippen LogP contribution in [-0.2, 0) is 6.54 Å². The van der Waals surface area contributed by atoms with Crippen LogP contribution < -0.4 is 16.2 Å². The molecule has 0 saturated heterocycles. The highest BCUT2D eigenvalue weighted by molar-refractivity contribution is 5.79. The molecule has 0 spiro atoms. The van der Waals surface area contributed by atoms with Crippen molar-refractivity contribution in [1.82, 2.24) is 15.2 Å². The Balaban J connectivity index is 1.44. The van der Waals surface area contributed by atoms with Gasteiger partial charge in [-0.3, -0.25) is 9.79 Å². The fourth-order valence-electron chi connectivity index (χ4n) is 3.96. The molecule has 3 aromatic rings. The Morgan fingerprint density at radius 3 is 2.06 bits per heavy atom. The van der Waals surface area contributed by atoms with Crippen molar-refractivity contribution >= 4 is 5.96 Å². The maximum Gasteiger partial charge on any atom is 0.250 e. The first-order valence-corrected chi connectivity index (χ1v) is 11.4. The van der Waals surface area contributed by atoms with Gasteiger partial charge in [0.05, 0.1) is 0 Å². The highest BCUT2D eigenvalue weighted by atomic mass is 16.1. The molecular formula is C27H34N4O. The van der Waals surface area contributed by atoms with E-state index < -0.39 is 0 Å². The number of nitrogens with zero attached hydrogens (tertiary/aromatic N) is 2. The molecule has 3 rings (SSSR count). The van der Waals surface area contributed by atoms with Crippen molar-refractivity contribution in [2.24, 2.45) is 4.99 Å². The van der Waals surface area contributed by atoms with Gasteiger partial charge in [-0.2, -0.15) is 0 Å². The summed E-state index contributed by atoms with van der Waals surface area (Å²) < 4.78 is 1.83. The van der Waals surface area contributed by atoms with Gasteiger partial charge < -0.3 is 15.2 Å². The lowest BCUT2D eigenvalue weighted by molar-refractivity contribution is 0.574. The van der Waals surface area contributed by atoms with Crippen LogP contribution in [0.25, 0.3) is 0 Å². The molecule has 0 saturated carbocycles. The Morgan fingerprint density at radius 1 is 0.844 bits per heavy atom. The van der Waals surface area contributed by atoms with E-state index in [1.807, 2.05) is 23.6 Å². The van der Waals surface area contributed by atoms with E-state index in [-0.39, 0.29) is 5.56 Å². The Morgan fingerprint density at radius 2 is 1.47 bits per heavy atom. The maximum absolute atomic E-state index is 12.0. The van der Waals surface area contributed by atoms with E-state index in [1.54, 1.807) is 13.1 Å². The average molecular weight is 431 g/mol. The molecule has 0 aliphatic carbocycles. The SMILES string of the molecule is CN=C(NCCCCn1c(C)cccc1=O)NCCC(c1ccccc1)c1ccccc1. The van der Waals surface area contributed by atoms with Crippen LogP contribution in [0.5, 0.6) is 0 Å². The highest BCUT2D eigenvalue weighted by Crippen LogP contribution is 2.27. The molecule has 32 heavy (non-hydrogen) atoms. The molecule has 0 fully saturated rings. The van der Waals surface area contributed by atoms with E-state index in [2.05, 4.69) is 76.3 Å². The number of aliphatic imine (C=N–C) groups is 1. The fourth-order valence-corrected chi connectivity index (χ4v) is 3.96. The highest BCUT2D eigenvalue weighted by Gasteiger charge is 2.13. The molecule has 0 radical (unpaired) electrons. The molecule has 0 bridgehead atoms. The largest absolute Gasteiger partial charge is 0.356 e. The van der Waals surface area contributed by atoms with E-state index in [0.717, 1.165) is 50.6 Å². The molecule has 0 aliphatic heterocycles. The summed E-state index contributed by atoms with van der Waals surface area (Å²) in [4.78, 5) is 16.3. The van der Waals surface area contributed by atoms with Crippen LogP contribution in [0.2, 0.25) is 0 Å². The molecule has 1 heterocycles. The number of hydrogen-bond acceptors (Lipinski definition) is 2. The zero-order valence-corrected chi connectivity index (χ0v) is 19.1. The van der Waals surface area contributed by atoms with Gasteiger partial charge in [-0.25, -0.2) is 0 Å². The minimum absolute atomic E-state index is 0.0711. The Bertz CT molecular complexity index is 989. The first-order valence-electron chi connectivity index (χ1n) is 11.4. The third kappa shape index (κ3) is 6.84. The van der Waals surface area contributed by atoms with Crippen molar-refractivity contribution in [3.05, 3.63) is 106 Å². The molecule has 0 atom stereocenters. The third-order valence-corrected chi connectivity index (χ3v) is 5.72. The smallest absolute Gasteiger partial charge is 0.250 e. The van der Waals surface area contributed by atoms with Gasteiger partial charge in [0.2, 0.25) is 0 Å². The zero-order valence-electron chi connectivity index (χ0n) is 19.1. The second kappa shape index (κ2) is 12.5. The van der Waals surface area contributed by atoms with Gasteiger partial charge in [0.25, 0.3) is 5.56 Å². The summed E-state index contributed by atoms with van der Waals surface area (Å²) in [6, 6.07) is 26.7. The van der Waals surface area contributed by atoms with Crippen molar-refractivity contribution in [3.63, 3.8) is 0 Å². The third-order valence-electron chi connectivity index (χ3n) is 5.72. The van der Waals surface area contributed by atoms with E-state index >= 15 is 0 Å². The van der Waals surface area contributed by atoms with Crippen LogP contribution in [0.4, 0.5) is 0 Å². The Hall–Kier alpha value is -3.34. The van der Waals surface area contributed by atoms with Crippen molar-refractivity contribution < 1.29 is 0 Å². The standard InChI is InChI=1S/C27H34N4O/c1-22-12-11-17-26(32)31(22)21-10-9-19-29-27(28-2)30-20-18-25(23-13-5-3-6-14-23)24-15-7-4-8-16-24/h3-8,11-17,25H,9-10,18-21H2,1-2H3,(H2,28,29,30). The lowest BCUT2D eigenvalue weighted by atomic mass is 9.88. The number of unbranched alkanes of at least 4 members (excludes halogenated alkanes) is 1. The first kappa shape index (κ1) is 23.3. The summed E-state index contributed by atoms with van der Waals surface area (Å²) in [5.41, 5.74) is 3.74. The first-order chi connectivity index (χ1) is 15.7. The molecule has 0 amide bonds. The van der Waals surface area contributed by atoms with E-state index in [0.29, 0.717) is 5.92 Å². The van der Waals surface area contributed by atoms with Gasteiger partial charge in [-0.1, -0.05) is 66.7 Å². The Kier molecular flexibility index (Phi) is 9.11. The zero-order chi connectivity index (χ0) is 22.6. The molecule has 2 aromatic carbocycles. The lowest BCUT2D eigenvalue weighted by Gasteiger charge is -2.19. The number of benzene rings is 2. The molecular weight excluding hydrogens is 396 g/mol. The van der Waals surface area contributed by atoms with Crippen LogP contribution in [0, 0.1) is 6.92 Å². The number of aryl methyl sites for hydroxylation is 1. The summed E-state index contributed by atoms with van der Waals surface area (Å²) in [7, 11) is 1.80. The molecule has 5 nitrogen and oxygen atoms in total. The normalized spacial score (nSPS) is 11.5. The number of guanidine groups is 1. The van der Waals surface area contributed by atoms with Crippen molar-refractivity contribution in [3.8, 4) is 0 Å². The summed E-state index contributed by atoms with van der Waals surface area (Å²) >= 11 is 0. The molecule has 1 aromatic heterocycles. The van der Waals surface area contributed by atoms with Crippen LogP contribution >= 0.6 is 0 Å². The van der Waals surface area contributed by atoms with Gasteiger partial charge >= 0.3 is 0 Å². The van der Waals surface area contributed by atoms with E-state index in [4.69, 9.17) is 0 Å². The van der Waals surface area contributed by atoms with Crippen LogP contribution in [0.3, 0.4) is 0 Å². The fraction of sp³-hybridized carbons (Fsp3) is 0.333. The average Bonchev–Trinajstić information content (AvgIpc) is 2.83. The molecule has 0 aliphatic rings. The van der Waals surface area contributed by atoms with Crippen LogP contribution in [-0.4, -0.2) is 30.7 Å². The summed E-state index contributed by atoms with van der Waals surface area (Å²) in [6.07, 6.45) is 2.89. The molecule has 5 heteroatoms. The van der Waals surface area contributed by atoms with Gasteiger partial charge in [0.1, 0.15) is 0 Å². The second-order valence-corrected chi connectivity index (χ2v) is 7.95. The van der Waals surface area contributed by atoms with Crippen LogP contribution in [0.1, 0.15) is 42.0 Å². The molecule has 168 valence electrons. The molecule has 0 unspecified atom stereocenters. The summed E-state index contributed by atoms with van der Waals surface area (Å²) in [5, 5.41) is 6.84. The monoisotopic (exact) mass is 430 g/mol. The van der Waals surface area contributed by atoms with E-state index in [9.17, 15) is 4.79 Å². The summed E-state index contributed by atoms with van der Waals surface area (Å²) in [6.45, 7) is 4.37. The molecule has 2 N–H and O–H groups in total. The van der Waals surface area contributed by atoms with Crippen molar-refractivity contribution in [2.75, 3.05) is 20.1 Å². The topological polar surface area (TPSA) is 58.4 Å².